The van der Waals surface area contributed by atoms with Gasteiger partial charge in [0.1, 0.15) is 9.80 Å². The fraction of sp³-hybridized carbons (Fsp3) is 0. The third kappa shape index (κ3) is 7.24. The van der Waals surface area contributed by atoms with E-state index in [-0.39, 0.29) is 33.3 Å². The molecule has 1 aliphatic rings. The molecule has 0 unspecified atom stereocenters. The van der Waals surface area contributed by atoms with Gasteiger partial charge < -0.3 is 5.32 Å². The Kier molecular flexibility index (Phi) is 9.18. The van der Waals surface area contributed by atoms with Crippen molar-refractivity contribution in [3.63, 3.8) is 0 Å². The van der Waals surface area contributed by atoms with E-state index >= 15 is 0 Å². The van der Waals surface area contributed by atoms with Gasteiger partial charge in [-0.1, -0.05) is 48.5 Å². The highest BCUT2D eigenvalue weighted by Gasteiger charge is 2.33. The van der Waals surface area contributed by atoms with Crippen LogP contribution in [0.25, 0.3) is 27.6 Å². The molecule has 0 heterocycles. The topological polar surface area (TPSA) is 241 Å². The number of rotatable bonds is 9. The summed E-state index contributed by atoms with van der Waals surface area (Å²) in [6.07, 6.45) is 1.16. The molecule has 18 heteroatoms. The Labute approximate surface area is 307 Å². The smallest absolute Gasteiger partial charge is 0.296 e. The van der Waals surface area contributed by atoms with Crippen LogP contribution in [0.1, 0.15) is 15.9 Å². The summed E-state index contributed by atoms with van der Waals surface area (Å²) in [6, 6.07) is 29.1. The number of hydrogen-bond donors (Lipinski definition) is 5. The molecule has 15 nitrogen and oxygen atoms in total. The minimum atomic E-state index is -4.92. The van der Waals surface area contributed by atoms with E-state index in [0.29, 0.717) is 22.1 Å². The first-order valence-electron chi connectivity index (χ1n) is 15.6. The number of ketones is 1. The number of hydrazone groups is 1. The summed E-state index contributed by atoms with van der Waals surface area (Å²) < 4.78 is 102. The molecular weight excluding hydrogens is 759 g/mol. The van der Waals surface area contributed by atoms with Crippen LogP contribution in [-0.2, 0) is 30.4 Å². The lowest BCUT2D eigenvalue weighted by Gasteiger charge is -2.18. The molecule has 54 heavy (non-hydrogen) atoms. The number of anilines is 3. The molecule has 0 saturated heterocycles. The maximum atomic E-state index is 13.6. The van der Waals surface area contributed by atoms with Gasteiger partial charge in [-0.05, 0) is 78.4 Å². The first kappa shape index (κ1) is 36.2. The number of Topliss-reactive ketones (excluding diaryl/α,β-unsaturated/α-hetero) is 1. The first-order chi connectivity index (χ1) is 25.6. The Morgan fingerprint density at radius 2 is 1.22 bits per heavy atom. The van der Waals surface area contributed by atoms with Gasteiger partial charge in [-0.3, -0.25) is 23.9 Å². The lowest BCUT2D eigenvalue weighted by atomic mass is 9.94. The van der Waals surface area contributed by atoms with Crippen molar-refractivity contribution in [3.05, 3.63) is 131 Å². The minimum Gasteiger partial charge on any atom is -0.356 e. The molecule has 7 rings (SSSR count). The van der Waals surface area contributed by atoms with Crippen LogP contribution in [0.3, 0.4) is 0 Å². The second-order valence-electron chi connectivity index (χ2n) is 11.8. The van der Waals surface area contributed by atoms with Crippen LogP contribution in [0.4, 0.5) is 28.4 Å². The molecule has 272 valence electrons. The van der Waals surface area contributed by atoms with Crippen LogP contribution in [0.5, 0.6) is 0 Å². The standard InChI is InChI=1S/C36H25N5O10S3/c42-36-25-12-10-23(37-22-6-2-1-3-7-22)18-21(25)19-34(54(49,50)51)35(36)41-40-31-15-14-30(26-8-4-5-9-27(26)31)38-39-32-16-17-33(53(46,47)48)28-13-11-24(20-29(28)32)52(43,44)45/h1-20,37,40H,(H,43,44,45)(H,46,47,48)(H,49,50,51)/b39-38?,41-35-. The van der Waals surface area contributed by atoms with Crippen LogP contribution in [-0.4, -0.2) is 50.4 Å². The Balaban J connectivity index is 1.24. The number of allylic oxidation sites excluding steroid dienone is 1. The Morgan fingerprint density at radius 3 is 1.91 bits per heavy atom. The molecule has 0 saturated carbocycles. The molecule has 0 spiro atoms. The SMILES string of the molecule is O=C1/C(=N\Nc2ccc(N=Nc3ccc(S(=O)(=O)O)c4ccc(S(=O)(=O)O)cc34)c3ccccc23)C(S(=O)(=O)O)=Cc2cc(Nc3ccccc3)ccc21. The Morgan fingerprint density at radius 1 is 0.556 bits per heavy atom. The minimum absolute atomic E-state index is 0.00386. The molecule has 1 aliphatic carbocycles. The predicted octanol–water partition coefficient (Wildman–Crippen LogP) is 7.54. The molecule has 6 aromatic rings. The van der Waals surface area contributed by atoms with E-state index in [0.717, 1.165) is 36.0 Å². The Bertz CT molecular complexity index is 2990. The summed E-state index contributed by atoms with van der Waals surface area (Å²) in [7, 11) is -14.3. The van der Waals surface area contributed by atoms with Gasteiger partial charge in [-0.15, -0.1) is 10.2 Å². The average molecular weight is 784 g/mol. The Hall–Kier alpha value is -6.15. The van der Waals surface area contributed by atoms with Crippen LogP contribution in [0, 0.1) is 0 Å². The van der Waals surface area contributed by atoms with Crippen molar-refractivity contribution in [2.24, 2.45) is 15.3 Å². The van der Waals surface area contributed by atoms with Crippen molar-refractivity contribution in [3.8, 4) is 0 Å². The molecule has 0 amide bonds. The maximum absolute atomic E-state index is 13.6. The number of nitrogens with zero attached hydrogens (tertiary/aromatic N) is 3. The van der Waals surface area contributed by atoms with Crippen LogP contribution < -0.4 is 10.7 Å². The van der Waals surface area contributed by atoms with Crippen molar-refractivity contribution in [1.29, 1.82) is 0 Å². The lowest BCUT2D eigenvalue weighted by molar-refractivity contribution is 0.106. The lowest BCUT2D eigenvalue weighted by Crippen LogP contribution is -2.27. The summed E-state index contributed by atoms with van der Waals surface area (Å²) in [5.41, 5.74) is 4.53. The normalized spacial score (nSPS) is 14.4. The number of para-hydroxylation sites is 1. The second kappa shape index (κ2) is 13.7. The monoisotopic (exact) mass is 783 g/mol. The second-order valence-corrected chi connectivity index (χ2v) is 16.0. The third-order valence-electron chi connectivity index (χ3n) is 8.33. The molecule has 5 N–H and O–H groups in total. The van der Waals surface area contributed by atoms with E-state index in [1.807, 2.05) is 30.3 Å². The highest BCUT2D eigenvalue weighted by molar-refractivity contribution is 7.91. The molecule has 0 atom stereocenters. The van der Waals surface area contributed by atoms with Crippen LogP contribution >= 0.6 is 0 Å². The number of hydrogen-bond acceptors (Lipinski definition) is 12. The van der Waals surface area contributed by atoms with Crippen LogP contribution in [0.15, 0.2) is 145 Å². The summed E-state index contributed by atoms with van der Waals surface area (Å²) >= 11 is 0. The highest BCUT2D eigenvalue weighted by Crippen LogP contribution is 2.37. The van der Waals surface area contributed by atoms with Crippen molar-refractivity contribution >= 4 is 97.9 Å². The van der Waals surface area contributed by atoms with Gasteiger partial charge in [-0.2, -0.15) is 30.4 Å². The maximum Gasteiger partial charge on any atom is 0.296 e. The molecular formula is C36H25N5O10S3. The molecule has 0 aromatic heterocycles. The molecule has 6 aromatic carbocycles. The zero-order valence-electron chi connectivity index (χ0n) is 27.3. The van der Waals surface area contributed by atoms with Gasteiger partial charge in [0.15, 0.2) is 5.71 Å². The zero-order chi connectivity index (χ0) is 38.4. The molecule has 0 aliphatic heterocycles. The van der Waals surface area contributed by atoms with E-state index in [9.17, 15) is 43.7 Å². The van der Waals surface area contributed by atoms with E-state index in [1.54, 1.807) is 36.4 Å². The van der Waals surface area contributed by atoms with Gasteiger partial charge in [0.05, 0.1) is 22.0 Å². The third-order valence-corrected chi connectivity index (χ3v) is 11.0. The van der Waals surface area contributed by atoms with Gasteiger partial charge in [0.2, 0.25) is 5.78 Å². The molecule has 0 bridgehead atoms. The highest BCUT2D eigenvalue weighted by atomic mass is 32.2. The van der Waals surface area contributed by atoms with Crippen molar-refractivity contribution in [2.45, 2.75) is 9.79 Å². The van der Waals surface area contributed by atoms with Gasteiger partial charge >= 0.3 is 0 Å². The number of carbonyl (C=O) groups excluding carboxylic acids is 1. The first-order valence-corrected chi connectivity index (χ1v) is 19.9. The van der Waals surface area contributed by atoms with E-state index in [2.05, 4.69) is 26.1 Å². The predicted molar refractivity (Wildman–Crippen MR) is 203 cm³/mol. The number of benzene rings is 6. The number of carbonyl (C=O) groups is 1. The largest absolute Gasteiger partial charge is 0.356 e. The van der Waals surface area contributed by atoms with E-state index < -0.39 is 56.5 Å². The summed E-state index contributed by atoms with van der Waals surface area (Å²) in [5.74, 6) is -0.752. The van der Waals surface area contributed by atoms with Crippen molar-refractivity contribution in [2.75, 3.05) is 10.7 Å². The molecule has 0 fully saturated rings. The summed E-state index contributed by atoms with van der Waals surface area (Å²) in [5, 5.41) is 16.7. The summed E-state index contributed by atoms with van der Waals surface area (Å²) in [4.78, 5) is 11.9. The summed E-state index contributed by atoms with van der Waals surface area (Å²) in [6.45, 7) is 0. The van der Waals surface area contributed by atoms with E-state index in [1.165, 1.54) is 24.3 Å². The fourth-order valence-electron chi connectivity index (χ4n) is 5.86. The number of nitrogens with one attached hydrogen (secondary N) is 2. The molecule has 0 radical (unpaired) electrons. The van der Waals surface area contributed by atoms with E-state index in [4.69, 9.17) is 0 Å². The van der Waals surface area contributed by atoms with Crippen LogP contribution in [0.2, 0.25) is 0 Å². The van der Waals surface area contributed by atoms with Gasteiger partial charge in [0.25, 0.3) is 30.4 Å². The van der Waals surface area contributed by atoms with Gasteiger partial charge in [0, 0.05) is 38.5 Å². The number of azo groups is 1. The number of fused-ring (bicyclic) bond motifs is 3. The quantitative estimate of drug-likeness (QED) is 0.0543. The fourth-order valence-corrected chi connectivity index (χ4v) is 7.72. The van der Waals surface area contributed by atoms with Crippen molar-refractivity contribution in [1.82, 2.24) is 0 Å². The average Bonchev–Trinajstić information content (AvgIpc) is 3.12. The zero-order valence-corrected chi connectivity index (χ0v) is 29.8. The van der Waals surface area contributed by atoms with Crippen molar-refractivity contribution < 1.29 is 43.7 Å². The van der Waals surface area contributed by atoms with Gasteiger partial charge in [-0.25, -0.2) is 0 Å².